The third kappa shape index (κ3) is 4.09. The van der Waals surface area contributed by atoms with E-state index in [4.69, 9.17) is 9.29 Å². The van der Waals surface area contributed by atoms with Gasteiger partial charge in [-0.15, -0.1) is 0 Å². The molecule has 0 aliphatic carbocycles. The van der Waals surface area contributed by atoms with Crippen molar-refractivity contribution in [3.05, 3.63) is 24.0 Å². The van der Waals surface area contributed by atoms with Gasteiger partial charge in [0.1, 0.15) is 6.07 Å². The number of ether oxygens (including phenoxy) is 1. The van der Waals surface area contributed by atoms with Crippen LogP contribution in [-0.4, -0.2) is 45.5 Å². The molecular weight excluding hydrogens is 354 g/mol. The molecule has 0 bridgehead atoms. The highest BCUT2D eigenvalue weighted by atomic mass is 32.2. The van der Waals surface area contributed by atoms with Crippen LogP contribution < -0.4 is 14.4 Å². The first-order valence-corrected chi connectivity index (χ1v) is 9.55. The van der Waals surface area contributed by atoms with Gasteiger partial charge in [-0.05, 0) is 25.2 Å². The van der Waals surface area contributed by atoms with Crippen LogP contribution in [0, 0.1) is 17.2 Å². The van der Waals surface area contributed by atoms with Gasteiger partial charge >= 0.3 is 0 Å². The number of fused-ring (bicyclic) bond motifs is 1. The molecule has 0 spiro atoms. The molecule has 1 aliphatic rings. The molecule has 1 unspecified atom stereocenters. The molecule has 2 aromatic rings. The molecule has 2 N–H and O–H groups in total. The summed E-state index contributed by atoms with van der Waals surface area (Å²) in [4.78, 5) is 10.8. The van der Waals surface area contributed by atoms with E-state index < -0.39 is 11.3 Å². The van der Waals surface area contributed by atoms with Gasteiger partial charge in [-0.3, -0.25) is 9.54 Å². The van der Waals surface area contributed by atoms with Crippen LogP contribution in [0.2, 0.25) is 0 Å². The average Bonchev–Trinajstić information content (AvgIpc) is 2.67. The summed E-state index contributed by atoms with van der Waals surface area (Å²) in [7, 11) is 1.56. The van der Waals surface area contributed by atoms with Crippen LogP contribution in [0.3, 0.4) is 0 Å². The lowest BCUT2D eigenvalue weighted by atomic mass is 9.93. The number of hydrogen-bond donors (Lipinski definition) is 2. The van der Waals surface area contributed by atoms with E-state index in [2.05, 4.69) is 25.7 Å². The fourth-order valence-electron chi connectivity index (χ4n) is 3.39. The van der Waals surface area contributed by atoms with Crippen molar-refractivity contribution in [3.63, 3.8) is 0 Å². The summed E-state index contributed by atoms with van der Waals surface area (Å²) in [6, 6.07) is 4.01. The highest BCUT2D eigenvalue weighted by Crippen LogP contribution is 2.33. The van der Waals surface area contributed by atoms with E-state index in [0.717, 1.165) is 48.9 Å². The quantitative estimate of drug-likeness (QED) is 0.741. The molecule has 8 nitrogen and oxygen atoms in total. The summed E-state index contributed by atoms with van der Waals surface area (Å²) < 4.78 is 27.1. The third-order valence-corrected chi connectivity index (χ3v) is 5.19. The fraction of sp³-hybridized carbons (Fsp3) is 0.471. The molecule has 1 saturated heterocycles. The Morgan fingerprint density at radius 1 is 1.42 bits per heavy atom. The van der Waals surface area contributed by atoms with Gasteiger partial charge in [-0.25, -0.2) is 13.9 Å². The van der Waals surface area contributed by atoms with Crippen molar-refractivity contribution in [2.24, 2.45) is 5.92 Å². The topological polar surface area (TPSA) is 111 Å². The Hall–Kier alpha value is -2.28. The van der Waals surface area contributed by atoms with Crippen LogP contribution in [0.1, 0.15) is 24.8 Å². The first kappa shape index (κ1) is 18.5. The number of rotatable bonds is 6. The molecule has 0 aromatic carbocycles. The summed E-state index contributed by atoms with van der Waals surface area (Å²) in [5, 5.41) is 10.4. The second kappa shape index (κ2) is 8.40. The van der Waals surface area contributed by atoms with E-state index in [9.17, 15) is 9.47 Å². The Kier molecular flexibility index (Phi) is 5.98. The SMILES string of the molecule is COc1cc2ncc(C#N)c(N3CCC(CCNS(=O)O)CC3)c2cn1. The van der Waals surface area contributed by atoms with Crippen molar-refractivity contribution in [2.45, 2.75) is 19.3 Å². The zero-order valence-electron chi connectivity index (χ0n) is 14.5. The minimum atomic E-state index is -1.95. The predicted molar refractivity (Wildman–Crippen MR) is 99.1 cm³/mol. The monoisotopic (exact) mass is 375 g/mol. The van der Waals surface area contributed by atoms with Crippen LogP contribution in [0.25, 0.3) is 10.9 Å². The average molecular weight is 375 g/mol. The number of nitrogens with zero attached hydrogens (tertiary/aromatic N) is 4. The molecule has 1 aliphatic heterocycles. The first-order chi connectivity index (χ1) is 12.6. The number of hydrogen-bond acceptors (Lipinski definition) is 6. The highest BCUT2D eigenvalue weighted by Gasteiger charge is 2.23. The number of pyridine rings is 2. The van der Waals surface area contributed by atoms with E-state index in [1.807, 2.05) is 0 Å². The zero-order chi connectivity index (χ0) is 18.5. The summed E-state index contributed by atoms with van der Waals surface area (Å²) >= 11 is -1.95. The Morgan fingerprint density at radius 2 is 2.19 bits per heavy atom. The van der Waals surface area contributed by atoms with Crippen LogP contribution in [0.5, 0.6) is 5.88 Å². The number of methoxy groups -OCH3 is 1. The Balaban J connectivity index is 1.78. The molecule has 2 aromatic heterocycles. The van der Waals surface area contributed by atoms with Gasteiger partial charge in [0, 0.05) is 43.5 Å². The maximum absolute atomic E-state index is 10.7. The smallest absolute Gasteiger partial charge is 0.231 e. The van der Waals surface area contributed by atoms with E-state index >= 15 is 0 Å². The molecule has 3 rings (SSSR count). The van der Waals surface area contributed by atoms with E-state index in [1.165, 1.54) is 0 Å². The van der Waals surface area contributed by atoms with E-state index in [1.54, 1.807) is 25.6 Å². The van der Waals surface area contributed by atoms with Gasteiger partial charge in [-0.1, -0.05) is 0 Å². The van der Waals surface area contributed by atoms with E-state index in [-0.39, 0.29) is 0 Å². The van der Waals surface area contributed by atoms with Gasteiger partial charge in [0.2, 0.25) is 17.1 Å². The third-order valence-electron chi connectivity index (χ3n) is 4.74. The van der Waals surface area contributed by atoms with Crippen LogP contribution in [0.4, 0.5) is 5.69 Å². The summed E-state index contributed by atoms with van der Waals surface area (Å²) in [6.07, 6.45) is 6.12. The molecule has 3 heterocycles. The zero-order valence-corrected chi connectivity index (χ0v) is 15.3. The van der Waals surface area contributed by atoms with E-state index in [0.29, 0.717) is 23.9 Å². The van der Waals surface area contributed by atoms with Gasteiger partial charge < -0.3 is 9.64 Å². The van der Waals surface area contributed by atoms with Gasteiger partial charge in [0.05, 0.1) is 23.9 Å². The number of aromatic nitrogens is 2. The molecule has 0 saturated carbocycles. The summed E-state index contributed by atoms with van der Waals surface area (Å²) in [6.45, 7) is 2.18. The maximum atomic E-state index is 10.7. The Bertz CT molecular complexity index is 846. The summed E-state index contributed by atoms with van der Waals surface area (Å²) in [5.41, 5.74) is 2.17. The molecular formula is C17H21N5O3S. The lowest BCUT2D eigenvalue weighted by molar-refractivity contribution is 0.381. The molecule has 0 amide bonds. The normalized spacial score (nSPS) is 16.4. The minimum absolute atomic E-state index is 0.494. The second-order valence-electron chi connectivity index (χ2n) is 6.24. The highest BCUT2D eigenvalue weighted by molar-refractivity contribution is 7.77. The van der Waals surface area contributed by atoms with Gasteiger partial charge in [0.15, 0.2) is 0 Å². The minimum Gasteiger partial charge on any atom is -0.481 e. The fourth-order valence-corrected chi connectivity index (χ4v) is 3.68. The van der Waals surface area contributed by atoms with Crippen molar-refractivity contribution in [1.82, 2.24) is 14.7 Å². The molecule has 9 heteroatoms. The molecule has 138 valence electrons. The van der Waals surface area contributed by atoms with Gasteiger partial charge in [0.25, 0.3) is 0 Å². The van der Waals surface area contributed by atoms with Crippen molar-refractivity contribution in [2.75, 3.05) is 31.6 Å². The Morgan fingerprint density at radius 3 is 2.85 bits per heavy atom. The van der Waals surface area contributed by atoms with Crippen molar-refractivity contribution >= 4 is 27.9 Å². The first-order valence-electron chi connectivity index (χ1n) is 8.44. The van der Waals surface area contributed by atoms with Crippen molar-refractivity contribution in [3.8, 4) is 11.9 Å². The number of nitrogens with one attached hydrogen (secondary N) is 1. The molecule has 1 fully saturated rings. The molecule has 0 radical (unpaired) electrons. The van der Waals surface area contributed by atoms with Crippen molar-refractivity contribution in [1.29, 1.82) is 5.26 Å². The van der Waals surface area contributed by atoms with Crippen molar-refractivity contribution < 1.29 is 13.5 Å². The predicted octanol–water partition coefficient (Wildman–Crippen LogP) is 1.84. The molecule has 26 heavy (non-hydrogen) atoms. The number of piperidine rings is 1. The lowest BCUT2D eigenvalue weighted by Gasteiger charge is -2.34. The largest absolute Gasteiger partial charge is 0.481 e. The standard InChI is InChI=1S/C17H21N5O3S/c1-25-16-8-15-14(11-20-16)17(13(9-18)10-19-15)22-6-3-12(4-7-22)2-5-21-26(23)24/h8,10-12,21H,2-7H2,1H3,(H,23,24). The second-order valence-corrected chi connectivity index (χ2v) is 7.03. The van der Waals surface area contributed by atoms with Gasteiger partial charge in [-0.2, -0.15) is 5.26 Å². The molecule has 1 atom stereocenters. The van der Waals surface area contributed by atoms with Crippen LogP contribution in [-0.2, 0) is 11.3 Å². The number of anilines is 1. The maximum Gasteiger partial charge on any atom is 0.231 e. The van der Waals surface area contributed by atoms with Crippen LogP contribution >= 0.6 is 0 Å². The number of nitriles is 1. The Labute approximate surface area is 154 Å². The summed E-state index contributed by atoms with van der Waals surface area (Å²) in [5.74, 6) is 0.993. The lowest BCUT2D eigenvalue weighted by Crippen LogP contribution is -2.35. The van der Waals surface area contributed by atoms with Crippen LogP contribution in [0.15, 0.2) is 18.5 Å².